The predicted molar refractivity (Wildman–Crippen MR) is 111 cm³/mol. The van der Waals surface area contributed by atoms with Gasteiger partial charge < -0.3 is 23.5 Å². The summed E-state index contributed by atoms with van der Waals surface area (Å²) in [4.78, 5) is 4.42. The molecule has 152 valence electrons. The fourth-order valence-corrected chi connectivity index (χ4v) is 2.73. The number of ether oxygens (including phenoxy) is 4. The third-order valence-corrected chi connectivity index (χ3v) is 4.07. The van der Waals surface area contributed by atoms with Crippen LogP contribution >= 0.6 is 0 Å². The van der Waals surface area contributed by atoms with Gasteiger partial charge in [0.25, 0.3) is 5.89 Å². The molecule has 0 fully saturated rings. The highest BCUT2D eigenvalue weighted by molar-refractivity contribution is 5.69. The average molecular weight is 396 g/mol. The Bertz CT molecular complexity index is 981. The van der Waals surface area contributed by atoms with Crippen LogP contribution in [0.5, 0.6) is 23.0 Å². The van der Waals surface area contributed by atoms with Gasteiger partial charge in [-0.2, -0.15) is 4.98 Å². The van der Waals surface area contributed by atoms with Crippen LogP contribution in [0.2, 0.25) is 0 Å². The van der Waals surface area contributed by atoms with E-state index in [4.69, 9.17) is 23.5 Å². The second-order valence-corrected chi connectivity index (χ2v) is 5.93. The average Bonchev–Trinajstić information content (AvgIpc) is 3.22. The van der Waals surface area contributed by atoms with E-state index < -0.39 is 0 Å². The Morgan fingerprint density at radius 2 is 1.55 bits per heavy atom. The minimum absolute atomic E-state index is 0.390. The fraction of sp³-hybridized carbons (Fsp3) is 0.273. The van der Waals surface area contributed by atoms with E-state index in [1.807, 2.05) is 44.2 Å². The summed E-state index contributed by atoms with van der Waals surface area (Å²) in [5.41, 5.74) is 1.70. The first-order valence-corrected chi connectivity index (χ1v) is 9.32. The van der Waals surface area contributed by atoms with Gasteiger partial charge in [0, 0.05) is 11.6 Å². The van der Waals surface area contributed by atoms with Crippen molar-refractivity contribution in [2.45, 2.75) is 13.8 Å². The van der Waals surface area contributed by atoms with Gasteiger partial charge in [-0.1, -0.05) is 11.2 Å². The molecule has 0 spiro atoms. The van der Waals surface area contributed by atoms with Gasteiger partial charge in [0.1, 0.15) is 0 Å². The molecule has 0 aliphatic rings. The van der Waals surface area contributed by atoms with Gasteiger partial charge in [-0.15, -0.1) is 0 Å². The van der Waals surface area contributed by atoms with Gasteiger partial charge in [-0.3, -0.25) is 0 Å². The zero-order valence-electron chi connectivity index (χ0n) is 17.0. The Labute approximate surface area is 169 Å². The molecule has 0 radical (unpaired) electrons. The molecule has 0 unspecified atom stereocenters. The maximum atomic E-state index is 5.65. The second-order valence-electron chi connectivity index (χ2n) is 5.93. The van der Waals surface area contributed by atoms with Crippen molar-refractivity contribution in [3.63, 3.8) is 0 Å². The molecule has 0 aliphatic heterocycles. The van der Waals surface area contributed by atoms with Crippen LogP contribution in [0.4, 0.5) is 0 Å². The molecule has 7 nitrogen and oxygen atoms in total. The number of hydrogen-bond acceptors (Lipinski definition) is 7. The molecule has 3 rings (SSSR count). The SMILES string of the molecule is CCOc1ccc(/C=C/c2nc(-c3ccc(OC)c(OC)c3)no2)cc1OCC. The second kappa shape index (κ2) is 9.64. The lowest BCUT2D eigenvalue weighted by Crippen LogP contribution is -1.98. The molecule has 2 aromatic carbocycles. The lowest BCUT2D eigenvalue weighted by molar-refractivity contribution is 0.287. The summed E-state index contributed by atoms with van der Waals surface area (Å²) in [6.45, 7) is 5.02. The topological polar surface area (TPSA) is 75.8 Å². The number of rotatable bonds is 9. The van der Waals surface area contributed by atoms with Crippen LogP contribution in [0.15, 0.2) is 40.9 Å². The lowest BCUT2D eigenvalue weighted by Gasteiger charge is -2.11. The minimum atomic E-state index is 0.390. The van der Waals surface area contributed by atoms with Crippen LogP contribution in [0.25, 0.3) is 23.5 Å². The summed E-state index contributed by atoms with van der Waals surface area (Å²) < 4.78 is 27.1. The summed E-state index contributed by atoms with van der Waals surface area (Å²) in [7, 11) is 3.17. The summed E-state index contributed by atoms with van der Waals surface area (Å²) in [6.07, 6.45) is 3.63. The number of methoxy groups -OCH3 is 2. The molecule has 0 N–H and O–H groups in total. The molecule has 0 atom stereocenters. The quantitative estimate of drug-likeness (QED) is 0.518. The minimum Gasteiger partial charge on any atom is -0.493 e. The van der Waals surface area contributed by atoms with Crippen LogP contribution in [0.1, 0.15) is 25.3 Å². The van der Waals surface area contributed by atoms with Gasteiger partial charge >= 0.3 is 0 Å². The Morgan fingerprint density at radius 1 is 0.828 bits per heavy atom. The van der Waals surface area contributed by atoms with Crippen molar-refractivity contribution < 1.29 is 23.5 Å². The number of aromatic nitrogens is 2. The Kier molecular flexibility index (Phi) is 6.73. The largest absolute Gasteiger partial charge is 0.493 e. The fourth-order valence-electron chi connectivity index (χ4n) is 2.73. The van der Waals surface area contributed by atoms with Crippen LogP contribution in [0, 0.1) is 0 Å². The van der Waals surface area contributed by atoms with Crippen molar-refractivity contribution in [3.8, 4) is 34.4 Å². The van der Waals surface area contributed by atoms with E-state index in [0.29, 0.717) is 42.2 Å². The first-order valence-electron chi connectivity index (χ1n) is 9.32. The molecule has 1 heterocycles. The summed E-state index contributed by atoms with van der Waals surface area (Å²) in [5, 5.41) is 4.04. The van der Waals surface area contributed by atoms with Crippen LogP contribution in [0.3, 0.4) is 0 Å². The van der Waals surface area contributed by atoms with E-state index in [1.54, 1.807) is 32.4 Å². The van der Waals surface area contributed by atoms with E-state index in [1.165, 1.54) is 0 Å². The summed E-state index contributed by atoms with van der Waals surface area (Å²) in [6, 6.07) is 11.2. The van der Waals surface area contributed by atoms with Crippen molar-refractivity contribution >= 4 is 12.2 Å². The molecule has 3 aromatic rings. The van der Waals surface area contributed by atoms with E-state index in [0.717, 1.165) is 16.9 Å². The van der Waals surface area contributed by atoms with Crippen LogP contribution in [-0.2, 0) is 0 Å². The smallest absolute Gasteiger partial charge is 0.250 e. The van der Waals surface area contributed by atoms with Crippen molar-refractivity contribution in [2.24, 2.45) is 0 Å². The monoisotopic (exact) mass is 396 g/mol. The third kappa shape index (κ3) is 4.87. The van der Waals surface area contributed by atoms with E-state index in [9.17, 15) is 0 Å². The van der Waals surface area contributed by atoms with Gasteiger partial charge in [0.2, 0.25) is 5.82 Å². The van der Waals surface area contributed by atoms with Crippen LogP contribution in [-0.4, -0.2) is 37.6 Å². The molecule has 1 aromatic heterocycles. The van der Waals surface area contributed by atoms with Gasteiger partial charge in [-0.05, 0) is 55.8 Å². The first kappa shape index (κ1) is 20.3. The van der Waals surface area contributed by atoms with Crippen LogP contribution < -0.4 is 18.9 Å². The number of nitrogens with zero attached hydrogens (tertiary/aromatic N) is 2. The number of hydrogen-bond donors (Lipinski definition) is 0. The normalized spacial score (nSPS) is 10.9. The highest BCUT2D eigenvalue weighted by atomic mass is 16.5. The van der Waals surface area contributed by atoms with Gasteiger partial charge in [0.15, 0.2) is 23.0 Å². The molecule has 0 bridgehead atoms. The molecular weight excluding hydrogens is 372 g/mol. The standard InChI is InChI=1S/C22H24N2O5/c1-5-27-18-10-7-15(13-20(18)28-6-2)8-12-21-23-22(24-29-21)16-9-11-17(25-3)19(14-16)26-4/h7-14H,5-6H2,1-4H3/b12-8+. The summed E-state index contributed by atoms with van der Waals surface area (Å²) in [5.74, 6) is 3.52. The van der Waals surface area contributed by atoms with Crippen molar-refractivity contribution in [1.29, 1.82) is 0 Å². The summed E-state index contributed by atoms with van der Waals surface area (Å²) >= 11 is 0. The highest BCUT2D eigenvalue weighted by Crippen LogP contribution is 2.32. The van der Waals surface area contributed by atoms with Crippen molar-refractivity contribution in [1.82, 2.24) is 10.1 Å². The van der Waals surface area contributed by atoms with Gasteiger partial charge in [0.05, 0.1) is 27.4 Å². The predicted octanol–water partition coefficient (Wildman–Crippen LogP) is 4.72. The highest BCUT2D eigenvalue weighted by Gasteiger charge is 2.11. The Balaban J connectivity index is 1.79. The lowest BCUT2D eigenvalue weighted by atomic mass is 10.2. The maximum absolute atomic E-state index is 5.65. The molecule has 0 saturated carbocycles. The molecule has 7 heteroatoms. The van der Waals surface area contributed by atoms with Gasteiger partial charge in [-0.25, -0.2) is 0 Å². The van der Waals surface area contributed by atoms with E-state index >= 15 is 0 Å². The molecule has 0 amide bonds. The van der Waals surface area contributed by atoms with E-state index in [-0.39, 0.29) is 0 Å². The Hall–Kier alpha value is -3.48. The molecule has 0 saturated heterocycles. The zero-order valence-corrected chi connectivity index (χ0v) is 17.0. The maximum Gasteiger partial charge on any atom is 0.250 e. The molecule has 0 aliphatic carbocycles. The number of benzene rings is 2. The van der Waals surface area contributed by atoms with E-state index in [2.05, 4.69) is 10.1 Å². The Morgan fingerprint density at radius 3 is 2.28 bits per heavy atom. The van der Waals surface area contributed by atoms with Crippen molar-refractivity contribution in [3.05, 3.63) is 47.9 Å². The first-order chi connectivity index (χ1) is 14.2. The third-order valence-electron chi connectivity index (χ3n) is 4.07. The molecule has 29 heavy (non-hydrogen) atoms. The van der Waals surface area contributed by atoms with Crippen molar-refractivity contribution in [2.75, 3.05) is 27.4 Å². The zero-order chi connectivity index (χ0) is 20.6. The molecular formula is C22H24N2O5.